The quantitative estimate of drug-likeness (QED) is 0.0567. The van der Waals surface area contributed by atoms with Gasteiger partial charge in [-0.2, -0.15) is 0 Å². The van der Waals surface area contributed by atoms with Crippen molar-refractivity contribution in [1.82, 2.24) is 0 Å². The molecule has 2 aliphatic heterocycles. The third-order valence-electron chi connectivity index (χ3n) is 10.1. The highest BCUT2D eigenvalue weighted by molar-refractivity contribution is 5.90. The van der Waals surface area contributed by atoms with Crippen LogP contribution in [0.2, 0.25) is 0 Å². The van der Waals surface area contributed by atoms with E-state index in [0.717, 1.165) is 38.5 Å². The summed E-state index contributed by atoms with van der Waals surface area (Å²) >= 11 is 0. The number of ether oxygens (including phenoxy) is 10. The average Bonchev–Trinajstić information content (AvgIpc) is 3.26. The molecule has 0 bridgehead atoms. The van der Waals surface area contributed by atoms with Crippen molar-refractivity contribution in [2.75, 3.05) is 33.5 Å². The van der Waals surface area contributed by atoms with Gasteiger partial charge in [0.05, 0.1) is 29.4 Å². The van der Waals surface area contributed by atoms with Gasteiger partial charge in [-0.1, -0.05) is 94.6 Å². The van der Waals surface area contributed by atoms with E-state index in [9.17, 15) is 14.4 Å². The molecule has 4 unspecified atom stereocenters. The zero-order valence-electron chi connectivity index (χ0n) is 34.8. The van der Waals surface area contributed by atoms with E-state index in [1.54, 1.807) is 97.9 Å². The van der Waals surface area contributed by atoms with E-state index in [2.05, 4.69) is 6.92 Å². The number of esters is 3. The van der Waals surface area contributed by atoms with Crippen LogP contribution < -0.4 is 0 Å². The second-order valence-corrected chi connectivity index (χ2v) is 14.6. The lowest BCUT2D eigenvalue weighted by molar-refractivity contribution is -0.359. The Bertz CT molecular complexity index is 1680. The van der Waals surface area contributed by atoms with Crippen LogP contribution >= 0.6 is 0 Å². The van der Waals surface area contributed by atoms with Crippen molar-refractivity contribution < 1.29 is 61.8 Å². The molecule has 0 N–H and O–H groups in total. The number of rotatable bonds is 22. The SMILES string of the molecule is CCCCOCC1O[C@@H](OC)[C@@H](OC(=O)c2ccccc2)C(O[C@@H]2OC(C)[C@H](OCCCC)C(OC(=O)c3ccccc3)[C@@H]2OC(=O)c2ccccc2)[C@@H]1OCCCC. The van der Waals surface area contributed by atoms with Gasteiger partial charge in [0.25, 0.3) is 0 Å². The van der Waals surface area contributed by atoms with Gasteiger partial charge in [-0.15, -0.1) is 0 Å². The molecule has 5 rings (SSSR count). The molecular formula is C46H60O13. The van der Waals surface area contributed by atoms with Crippen LogP contribution in [0.4, 0.5) is 0 Å². The minimum Gasteiger partial charge on any atom is -0.452 e. The van der Waals surface area contributed by atoms with Crippen LogP contribution in [0.1, 0.15) is 97.3 Å². The molecule has 10 atom stereocenters. The Morgan fingerprint density at radius 3 is 1.44 bits per heavy atom. The highest BCUT2D eigenvalue weighted by Gasteiger charge is 2.56. The van der Waals surface area contributed by atoms with Crippen molar-refractivity contribution in [2.24, 2.45) is 0 Å². The van der Waals surface area contributed by atoms with Gasteiger partial charge in [0.1, 0.15) is 24.4 Å². The highest BCUT2D eigenvalue weighted by Crippen LogP contribution is 2.36. The Morgan fingerprint density at radius 2 is 0.966 bits per heavy atom. The largest absolute Gasteiger partial charge is 0.452 e. The Labute approximate surface area is 347 Å². The molecule has 0 saturated carbocycles. The summed E-state index contributed by atoms with van der Waals surface area (Å²) in [5.74, 6) is -2.01. The van der Waals surface area contributed by atoms with E-state index < -0.39 is 79.3 Å². The minimum absolute atomic E-state index is 0.120. The van der Waals surface area contributed by atoms with Crippen LogP contribution in [0.15, 0.2) is 91.0 Å². The molecule has 13 nitrogen and oxygen atoms in total. The number of hydrogen-bond acceptors (Lipinski definition) is 13. The summed E-state index contributed by atoms with van der Waals surface area (Å²) in [6.07, 6.45) is -5.83. The third-order valence-corrected chi connectivity index (χ3v) is 10.1. The van der Waals surface area contributed by atoms with Gasteiger partial charge >= 0.3 is 17.9 Å². The predicted molar refractivity (Wildman–Crippen MR) is 217 cm³/mol. The van der Waals surface area contributed by atoms with E-state index in [0.29, 0.717) is 30.9 Å². The molecule has 2 fully saturated rings. The van der Waals surface area contributed by atoms with Crippen molar-refractivity contribution in [3.8, 4) is 0 Å². The van der Waals surface area contributed by atoms with E-state index in [1.165, 1.54) is 7.11 Å². The van der Waals surface area contributed by atoms with Crippen molar-refractivity contribution in [1.29, 1.82) is 0 Å². The van der Waals surface area contributed by atoms with E-state index in [4.69, 9.17) is 47.4 Å². The number of unbranched alkanes of at least 4 members (excludes halogenated alkanes) is 3. The second-order valence-electron chi connectivity index (χ2n) is 14.6. The lowest BCUT2D eigenvalue weighted by Gasteiger charge is -2.49. The fourth-order valence-corrected chi connectivity index (χ4v) is 6.88. The lowest BCUT2D eigenvalue weighted by atomic mass is 9.96. The maximum Gasteiger partial charge on any atom is 0.338 e. The van der Waals surface area contributed by atoms with Crippen LogP contribution in [0, 0.1) is 0 Å². The summed E-state index contributed by atoms with van der Waals surface area (Å²) in [7, 11) is 1.44. The Kier molecular flexibility index (Phi) is 18.8. The van der Waals surface area contributed by atoms with E-state index in [1.807, 2.05) is 13.8 Å². The van der Waals surface area contributed by atoms with Gasteiger partial charge in [0.15, 0.2) is 30.9 Å². The summed E-state index contributed by atoms with van der Waals surface area (Å²) in [4.78, 5) is 41.6. The molecular weight excluding hydrogens is 760 g/mol. The van der Waals surface area contributed by atoms with Crippen molar-refractivity contribution in [3.05, 3.63) is 108 Å². The summed E-state index contributed by atoms with van der Waals surface area (Å²) < 4.78 is 63.6. The third kappa shape index (κ3) is 12.9. The Balaban J connectivity index is 1.59. The number of methoxy groups -OCH3 is 1. The molecule has 0 radical (unpaired) electrons. The van der Waals surface area contributed by atoms with Crippen molar-refractivity contribution in [2.45, 2.75) is 128 Å². The topological polar surface area (TPSA) is 144 Å². The normalized spacial score (nSPS) is 26.8. The number of carbonyl (C=O) groups excluding carboxylic acids is 3. The summed E-state index contributed by atoms with van der Waals surface area (Å²) in [6.45, 7) is 9.20. The smallest absolute Gasteiger partial charge is 0.338 e. The number of carbonyl (C=O) groups is 3. The molecule has 2 saturated heterocycles. The summed E-state index contributed by atoms with van der Waals surface area (Å²) in [6, 6.07) is 25.5. The summed E-state index contributed by atoms with van der Waals surface area (Å²) in [5.41, 5.74) is 0.846. The van der Waals surface area contributed by atoms with Gasteiger partial charge in [-0.05, 0) is 62.6 Å². The fraction of sp³-hybridized carbons (Fsp3) is 0.543. The van der Waals surface area contributed by atoms with Gasteiger partial charge < -0.3 is 47.4 Å². The van der Waals surface area contributed by atoms with Crippen LogP contribution in [0.5, 0.6) is 0 Å². The zero-order valence-corrected chi connectivity index (χ0v) is 34.8. The number of benzene rings is 3. The van der Waals surface area contributed by atoms with Gasteiger partial charge in [0.2, 0.25) is 0 Å². The predicted octanol–water partition coefficient (Wildman–Crippen LogP) is 7.35. The molecule has 322 valence electrons. The molecule has 59 heavy (non-hydrogen) atoms. The van der Waals surface area contributed by atoms with Crippen LogP contribution in [-0.2, 0) is 47.4 Å². The molecule has 3 aromatic carbocycles. The first kappa shape index (κ1) is 45.9. The monoisotopic (exact) mass is 820 g/mol. The van der Waals surface area contributed by atoms with Crippen molar-refractivity contribution in [3.63, 3.8) is 0 Å². The van der Waals surface area contributed by atoms with Crippen molar-refractivity contribution >= 4 is 17.9 Å². The van der Waals surface area contributed by atoms with Crippen LogP contribution in [0.25, 0.3) is 0 Å². The summed E-state index contributed by atoms with van der Waals surface area (Å²) in [5, 5.41) is 0. The number of hydrogen-bond donors (Lipinski definition) is 0. The molecule has 13 heteroatoms. The minimum atomic E-state index is -1.41. The molecule has 0 aromatic heterocycles. The Hall–Kier alpha value is -4.21. The van der Waals surface area contributed by atoms with Crippen LogP contribution in [0.3, 0.4) is 0 Å². The maximum atomic E-state index is 14.0. The first-order chi connectivity index (χ1) is 28.8. The fourth-order valence-electron chi connectivity index (χ4n) is 6.88. The van der Waals surface area contributed by atoms with Gasteiger partial charge in [0, 0.05) is 26.9 Å². The standard InChI is InChI=1S/C46H60O13/c1-6-9-27-51-30-35-37(53-29-11-8-3)39(40(45(50-5)55-35)57-43(48)33-23-17-13-18-24-33)59-46-41(58-44(49)34-25-19-14-20-26-34)38(36(31(4)54-46)52-28-10-7-2)56-42(47)32-21-15-12-16-22-32/h12-26,31,35-41,45-46H,6-11,27-30H2,1-5H3/t31?,35?,36-,37+,38?,39?,40-,41-,45+,46-/m0/s1. The lowest BCUT2D eigenvalue weighted by Crippen LogP contribution is -2.66. The molecule has 2 aliphatic rings. The second kappa shape index (κ2) is 24.1. The molecule has 0 spiro atoms. The first-order valence-corrected chi connectivity index (χ1v) is 20.9. The van der Waals surface area contributed by atoms with E-state index in [-0.39, 0.29) is 12.2 Å². The Morgan fingerprint density at radius 1 is 0.525 bits per heavy atom. The molecule has 0 amide bonds. The van der Waals surface area contributed by atoms with Crippen LogP contribution in [-0.4, -0.2) is 113 Å². The first-order valence-electron chi connectivity index (χ1n) is 20.9. The highest BCUT2D eigenvalue weighted by atomic mass is 16.8. The molecule has 2 heterocycles. The van der Waals surface area contributed by atoms with E-state index >= 15 is 0 Å². The van der Waals surface area contributed by atoms with Gasteiger partial charge in [-0.25, -0.2) is 14.4 Å². The van der Waals surface area contributed by atoms with Gasteiger partial charge in [-0.3, -0.25) is 0 Å². The molecule has 0 aliphatic carbocycles. The maximum absolute atomic E-state index is 14.0. The molecule has 3 aromatic rings. The average molecular weight is 821 g/mol. The zero-order chi connectivity index (χ0) is 42.0.